The highest BCUT2D eigenvalue weighted by Gasteiger charge is 2.06. The summed E-state index contributed by atoms with van der Waals surface area (Å²) in [5, 5.41) is 1.06. The molecule has 4 heteroatoms. The predicted molar refractivity (Wildman–Crippen MR) is 68.7 cm³/mol. The summed E-state index contributed by atoms with van der Waals surface area (Å²) in [6.45, 7) is 2.97. The number of fused-ring (bicyclic) bond motifs is 1. The topological polar surface area (TPSA) is 48.1 Å². The molecular formula is C12H13BrN2O. The zero-order valence-corrected chi connectivity index (χ0v) is 10.6. The summed E-state index contributed by atoms with van der Waals surface area (Å²) in [5.41, 5.74) is 7.28. The van der Waals surface area contributed by atoms with E-state index in [0.29, 0.717) is 13.2 Å². The number of hydrogen-bond acceptors (Lipinski definition) is 3. The van der Waals surface area contributed by atoms with Gasteiger partial charge in [-0.1, -0.05) is 15.9 Å². The van der Waals surface area contributed by atoms with Gasteiger partial charge in [-0.3, -0.25) is 0 Å². The lowest BCUT2D eigenvalue weighted by Gasteiger charge is -2.09. The first-order chi connectivity index (χ1) is 7.72. The first kappa shape index (κ1) is 11.4. The lowest BCUT2D eigenvalue weighted by Crippen LogP contribution is -2.10. The molecule has 2 rings (SSSR count). The van der Waals surface area contributed by atoms with Gasteiger partial charge in [0, 0.05) is 22.1 Å². The van der Waals surface area contributed by atoms with Crippen molar-refractivity contribution < 1.29 is 4.74 Å². The summed E-state index contributed by atoms with van der Waals surface area (Å²) in [7, 11) is 0. The van der Waals surface area contributed by atoms with Crippen LogP contribution in [-0.2, 0) is 0 Å². The van der Waals surface area contributed by atoms with Crippen LogP contribution in [0, 0.1) is 6.92 Å². The normalized spacial score (nSPS) is 10.7. The maximum Gasteiger partial charge on any atom is 0.145 e. The molecule has 0 amide bonds. The van der Waals surface area contributed by atoms with Gasteiger partial charge >= 0.3 is 0 Å². The van der Waals surface area contributed by atoms with E-state index in [-0.39, 0.29) is 0 Å². The molecule has 0 radical (unpaired) electrons. The number of aryl methyl sites for hydroxylation is 1. The first-order valence-corrected chi connectivity index (χ1v) is 5.90. The molecule has 3 nitrogen and oxygen atoms in total. The van der Waals surface area contributed by atoms with Crippen molar-refractivity contribution in [2.24, 2.45) is 5.73 Å². The van der Waals surface area contributed by atoms with Crippen molar-refractivity contribution in [3.05, 3.63) is 34.4 Å². The largest absolute Gasteiger partial charge is 0.490 e. The van der Waals surface area contributed by atoms with Crippen molar-refractivity contribution in [1.29, 1.82) is 0 Å². The standard InChI is InChI=1S/C12H13BrN2O/c1-8-2-3-9-10(13)4-5-11(12(9)15-8)16-7-6-14/h2-5H,6-7,14H2,1H3. The zero-order valence-electron chi connectivity index (χ0n) is 9.03. The second-order valence-corrected chi connectivity index (χ2v) is 4.39. The lowest BCUT2D eigenvalue weighted by atomic mass is 10.2. The van der Waals surface area contributed by atoms with E-state index in [1.165, 1.54) is 0 Å². The van der Waals surface area contributed by atoms with Crippen LogP contribution in [0.1, 0.15) is 5.69 Å². The van der Waals surface area contributed by atoms with Crippen molar-refractivity contribution in [2.45, 2.75) is 6.92 Å². The third-order valence-electron chi connectivity index (χ3n) is 2.28. The van der Waals surface area contributed by atoms with Gasteiger partial charge in [0.25, 0.3) is 0 Å². The van der Waals surface area contributed by atoms with E-state index in [1.807, 2.05) is 31.2 Å². The van der Waals surface area contributed by atoms with Crippen molar-refractivity contribution in [1.82, 2.24) is 4.98 Å². The van der Waals surface area contributed by atoms with E-state index in [1.54, 1.807) is 0 Å². The minimum Gasteiger partial charge on any atom is -0.490 e. The molecule has 0 saturated heterocycles. The molecule has 1 heterocycles. The summed E-state index contributed by atoms with van der Waals surface area (Å²) in [6.07, 6.45) is 0. The van der Waals surface area contributed by atoms with E-state index >= 15 is 0 Å². The Morgan fingerprint density at radius 1 is 1.31 bits per heavy atom. The van der Waals surface area contributed by atoms with Crippen LogP contribution < -0.4 is 10.5 Å². The summed E-state index contributed by atoms with van der Waals surface area (Å²) in [4.78, 5) is 4.49. The van der Waals surface area contributed by atoms with E-state index in [2.05, 4.69) is 20.9 Å². The maximum atomic E-state index is 5.57. The molecule has 1 aromatic carbocycles. The molecular weight excluding hydrogens is 268 g/mol. The number of nitrogens with two attached hydrogens (primary N) is 1. The Balaban J connectivity index is 2.56. The van der Waals surface area contributed by atoms with Crippen LogP contribution in [0.15, 0.2) is 28.7 Å². The summed E-state index contributed by atoms with van der Waals surface area (Å²) >= 11 is 3.50. The monoisotopic (exact) mass is 280 g/mol. The molecule has 0 aliphatic rings. The van der Waals surface area contributed by atoms with Crippen LogP contribution in [0.5, 0.6) is 5.75 Å². The predicted octanol–water partition coefficient (Wildman–Crippen LogP) is 2.64. The third kappa shape index (κ3) is 2.18. The Labute approximate surface area is 103 Å². The fourth-order valence-electron chi connectivity index (χ4n) is 1.54. The lowest BCUT2D eigenvalue weighted by molar-refractivity contribution is 0.331. The fourth-order valence-corrected chi connectivity index (χ4v) is 1.99. The van der Waals surface area contributed by atoms with Crippen molar-refractivity contribution in [2.75, 3.05) is 13.2 Å². The van der Waals surface area contributed by atoms with Gasteiger partial charge in [-0.2, -0.15) is 0 Å². The Morgan fingerprint density at radius 3 is 2.88 bits per heavy atom. The minimum atomic E-state index is 0.503. The molecule has 0 bridgehead atoms. The summed E-state index contributed by atoms with van der Waals surface area (Å²) in [6, 6.07) is 7.90. The smallest absolute Gasteiger partial charge is 0.145 e. The van der Waals surface area contributed by atoms with Crippen LogP contribution in [0.3, 0.4) is 0 Å². The van der Waals surface area contributed by atoms with Gasteiger partial charge < -0.3 is 10.5 Å². The van der Waals surface area contributed by atoms with Crippen molar-refractivity contribution in [3.63, 3.8) is 0 Å². The molecule has 0 unspecified atom stereocenters. The second kappa shape index (κ2) is 4.80. The van der Waals surface area contributed by atoms with Gasteiger partial charge in [0.2, 0.25) is 0 Å². The molecule has 0 saturated carbocycles. The minimum absolute atomic E-state index is 0.503. The Kier molecular flexibility index (Phi) is 3.41. The Bertz CT molecular complexity index is 514. The van der Waals surface area contributed by atoms with Gasteiger partial charge in [-0.15, -0.1) is 0 Å². The number of pyridine rings is 1. The highest BCUT2D eigenvalue weighted by molar-refractivity contribution is 9.10. The number of aromatic nitrogens is 1. The van der Waals surface area contributed by atoms with Crippen LogP contribution in [-0.4, -0.2) is 18.1 Å². The van der Waals surface area contributed by atoms with Crippen LogP contribution in [0.2, 0.25) is 0 Å². The molecule has 0 atom stereocenters. The second-order valence-electron chi connectivity index (χ2n) is 3.53. The Morgan fingerprint density at radius 2 is 2.12 bits per heavy atom. The molecule has 1 aromatic heterocycles. The number of halogens is 1. The van der Waals surface area contributed by atoms with Crippen LogP contribution in [0.4, 0.5) is 0 Å². The molecule has 84 valence electrons. The summed E-state index contributed by atoms with van der Waals surface area (Å²) in [5.74, 6) is 0.785. The van der Waals surface area contributed by atoms with E-state index in [0.717, 1.165) is 26.8 Å². The van der Waals surface area contributed by atoms with Crippen LogP contribution in [0.25, 0.3) is 10.9 Å². The molecule has 0 aliphatic heterocycles. The highest BCUT2D eigenvalue weighted by Crippen LogP contribution is 2.30. The number of ether oxygens (including phenoxy) is 1. The van der Waals surface area contributed by atoms with Gasteiger partial charge in [-0.25, -0.2) is 4.98 Å². The van der Waals surface area contributed by atoms with Gasteiger partial charge in [-0.05, 0) is 31.2 Å². The summed E-state index contributed by atoms with van der Waals surface area (Å²) < 4.78 is 6.59. The van der Waals surface area contributed by atoms with E-state index < -0.39 is 0 Å². The quantitative estimate of drug-likeness (QED) is 0.940. The number of hydrogen-bond donors (Lipinski definition) is 1. The number of rotatable bonds is 3. The maximum absolute atomic E-state index is 5.57. The average molecular weight is 281 g/mol. The molecule has 0 spiro atoms. The Hall–Kier alpha value is -1.13. The SMILES string of the molecule is Cc1ccc2c(Br)ccc(OCCN)c2n1. The highest BCUT2D eigenvalue weighted by atomic mass is 79.9. The van der Waals surface area contributed by atoms with E-state index in [9.17, 15) is 0 Å². The van der Waals surface area contributed by atoms with Gasteiger partial charge in [0.15, 0.2) is 0 Å². The zero-order chi connectivity index (χ0) is 11.5. The molecule has 0 fully saturated rings. The van der Waals surface area contributed by atoms with Crippen molar-refractivity contribution >= 4 is 26.8 Å². The molecule has 0 aliphatic carbocycles. The van der Waals surface area contributed by atoms with Gasteiger partial charge in [0.05, 0.1) is 0 Å². The third-order valence-corrected chi connectivity index (χ3v) is 2.97. The molecule has 2 aromatic rings. The first-order valence-electron chi connectivity index (χ1n) is 5.11. The van der Waals surface area contributed by atoms with Crippen molar-refractivity contribution in [3.8, 4) is 5.75 Å². The van der Waals surface area contributed by atoms with Gasteiger partial charge in [0.1, 0.15) is 17.9 Å². The molecule has 2 N–H and O–H groups in total. The number of nitrogens with zero attached hydrogens (tertiary/aromatic N) is 1. The van der Waals surface area contributed by atoms with Crippen LogP contribution >= 0.6 is 15.9 Å². The average Bonchev–Trinajstić information content (AvgIpc) is 2.28. The van der Waals surface area contributed by atoms with E-state index in [4.69, 9.17) is 10.5 Å². The number of benzene rings is 1. The molecule has 16 heavy (non-hydrogen) atoms. The fraction of sp³-hybridized carbons (Fsp3) is 0.250.